The summed E-state index contributed by atoms with van der Waals surface area (Å²) in [6.45, 7) is 2.07. The lowest BCUT2D eigenvalue weighted by molar-refractivity contribution is -0.123. The van der Waals surface area contributed by atoms with Crippen LogP contribution in [0.25, 0.3) is 0 Å². The van der Waals surface area contributed by atoms with Gasteiger partial charge in [-0.05, 0) is 18.9 Å². The zero-order chi connectivity index (χ0) is 17.4. The zero-order valence-electron chi connectivity index (χ0n) is 14.6. The quantitative estimate of drug-likeness (QED) is 0.885. The third-order valence-electron chi connectivity index (χ3n) is 4.88. The molecule has 7 heteroatoms. The van der Waals surface area contributed by atoms with E-state index in [1.165, 1.54) is 0 Å². The number of aryl methyl sites for hydroxylation is 1. The van der Waals surface area contributed by atoms with Crippen molar-refractivity contribution >= 4 is 5.91 Å². The van der Waals surface area contributed by atoms with Gasteiger partial charge in [-0.2, -0.15) is 0 Å². The predicted molar refractivity (Wildman–Crippen MR) is 92.0 cm³/mol. The first-order chi connectivity index (χ1) is 12.2. The van der Waals surface area contributed by atoms with Gasteiger partial charge in [-0.1, -0.05) is 6.07 Å². The second-order valence-electron chi connectivity index (χ2n) is 6.86. The van der Waals surface area contributed by atoms with E-state index in [2.05, 4.69) is 20.2 Å². The van der Waals surface area contributed by atoms with Crippen molar-refractivity contribution in [1.82, 2.24) is 24.8 Å². The molecule has 132 valence electrons. The number of pyridine rings is 1. The summed E-state index contributed by atoms with van der Waals surface area (Å²) in [5, 5.41) is 3.14. The fourth-order valence-electron chi connectivity index (χ4n) is 3.50. The van der Waals surface area contributed by atoms with Crippen LogP contribution in [0.4, 0.5) is 0 Å². The molecule has 0 saturated heterocycles. The van der Waals surface area contributed by atoms with Gasteiger partial charge in [0.25, 0.3) is 0 Å². The molecular weight excluding hydrogens is 318 g/mol. The van der Waals surface area contributed by atoms with E-state index in [1.54, 1.807) is 19.6 Å². The first-order valence-corrected chi connectivity index (χ1v) is 8.66. The molecule has 2 aromatic rings. The third-order valence-corrected chi connectivity index (χ3v) is 4.88. The second-order valence-corrected chi connectivity index (χ2v) is 6.86. The number of nitrogens with one attached hydrogen (secondary N) is 1. The number of methoxy groups -OCH3 is 1. The molecule has 25 heavy (non-hydrogen) atoms. The summed E-state index contributed by atoms with van der Waals surface area (Å²) in [4.78, 5) is 23.8. The maximum Gasteiger partial charge on any atom is 0.230 e. The standard InChI is InChI=1S/C18H23N5O2/c1-22-11-20-15-10-23(8-12-4-3-7-19-18(12)25-2)9-14(16(15)22)17(24)21-13-5-6-13/h3-4,7,11,13-14H,5-6,8-10H2,1-2H3,(H,21,24)/t14-/m1/s1. The van der Waals surface area contributed by atoms with Crippen LogP contribution < -0.4 is 10.1 Å². The van der Waals surface area contributed by atoms with Crippen LogP contribution in [0.1, 0.15) is 35.7 Å². The number of imidazole rings is 1. The lowest BCUT2D eigenvalue weighted by Gasteiger charge is -2.32. The number of amides is 1. The number of rotatable bonds is 5. The number of hydrogen-bond acceptors (Lipinski definition) is 5. The molecule has 3 heterocycles. The molecule has 1 amide bonds. The van der Waals surface area contributed by atoms with Crippen LogP contribution in [0.5, 0.6) is 5.88 Å². The fourth-order valence-corrected chi connectivity index (χ4v) is 3.50. The highest BCUT2D eigenvalue weighted by Crippen LogP contribution is 2.30. The van der Waals surface area contributed by atoms with Crippen LogP contribution in [0.3, 0.4) is 0 Å². The Morgan fingerprint density at radius 1 is 1.40 bits per heavy atom. The molecule has 0 radical (unpaired) electrons. The Morgan fingerprint density at radius 2 is 2.24 bits per heavy atom. The highest BCUT2D eigenvalue weighted by molar-refractivity contribution is 5.84. The molecule has 2 aliphatic rings. The maximum atomic E-state index is 12.8. The van der Waals surface area contributed by atoms with Crippen LogP contribution >= 0.6 is 0 Å². The van der Waals surface area contributed by atoms with Crippen molar-refractivity contribution in [3.05, 3.63) is 41.6 Å². The van der Waals surface area contributed by atoms with Gasteiger partial charge >= 0.3 is 0 Å². The van der Waals surface area contributed by atoms with Crippen LogP contribution in [0.2, 0.25) is 0 Å². The van der Waals surface area contributed by atoms with E-state index < -0.39 is 0 Å². The number of carbonyl (C=O) groups excluding carboxylic acids is 1. The molecule has 1 aliphatic carbocycles. The Labute approximate surface area is 147 Å². The topological polar surface area (TPSA) is 72.3 Å². The van der Waals surface area contributed by atoms with E-state index in [0.717, 1.165) is 36.3 Å². The van der Waals surface area contributed by atoms with Crippen molar-refractivity contribution in [2.24, 2.45) is 7.05 Å². The van der Waals surface area contributed by atoms with Crippen LogP contribution in [-0.4, -0.2) is 45.0 Å². The van der Waals surface area contributed by atoms with E-state index in [9.17, 15) is 4.79 Å². The number of aromatic nitrogens is 3. The zero-order valence-corrected chi connectivity index (χ0v) is 14.6. The average Bonchev–Trinajstić information content (AvgIpc) is 3.36. The summed E-state index contributed by atoms with van der Waals surface area (Å²) >= 11 is 0. The number of hydrogen-bond donors (Lipinski definition) is 1. The average molecular weight is 341 g/mol. The fraction of sp³-hybridized carbons (Fsp3) is 0.500. The van der Waals surface area contributed by atoms with E-state index in [-0.39, 0.29) is 11.8 Å². The largest absolute Gasteiger partial charge is 0.481 e. The Kier molecular flexibility index (Phi) is 4.17. The van der Waals surface area contributed by atoms with Crippen molar-refractivity contribution in [3.8, 4) is 5.88 Å². The van der Waals surface area contributed by atoms with Crippen LogP contribution in [0.15, 0.2) is 24.7 Å². The van der Waals surface area contributed by atoms with Gasteiger partial charge in [0, 0.05) is 44.5 Å². The molecule has 1 atom stereocenters. The van der Waals surface area contributed by atoms with Crippen molar-refractivity contribution in [1.29, 1.82) is 0 Å². The summed E-state index contributed by atoms with van der Waals surface area (Å²) in [5.41, 5.74) is 3.03. The van der Waals surface area contributed by atoms with Gasteiger partial charge in [-0.3, -0.25) is 9.69 Å². The number of carbonyl (C=O) groups is 1. The van der Waals surface area contributed by atoms with Gasteiger partial charge in [0.1, 0.15) is 0 Å². The summed E-state index contributed by atoms with van der Waals surface area (Å²) in [6.07, 6.45) is 5.71. The lowest BCUT2D eigenvalue weighted by Crippen LogP contribution is -2.42. The summed E-state index contributed by atoms with van der Waals surface area (Å²) in [5.74, 6) is 0.544. The predicted octanol–water partition coefficient (Wildman–Crippen LogP) is 1.20. The number of nitrogens with zero attached hydrogens (tertiary/aromatic N) is 4. The van der Waals surface area contributed by atoms with Crippen LogP contribution in [-0.2, 0) is 24.9 Å². The Balaban J connectivity index is 1.57. The van der Waals surface area contributed by atoms with E-state index in [1.807, 2.05) is 23.7 Å². The molecule has 7 nitrogen and oxygen atoms in total. The number of ether oxygens (including phenoxy) is 1. The third kappa shape index (κ3) is 3.24. The summed E-state index contributed by atoms with van der Waals surface area (Å²) in [7, 11) is 3.59. The Hall–Kier alpha value is -2.41. The summed E-state index contributed by atoms with van der Waals surface area (Å²) < 4.78 is 7.34. The SMILES string of the molecule is COc1ncccc1CN1Cc2ncn(C)c2[C@H](C(=O)NC2CC2)C1. The minimum Gasteiger partial charge on any atom is -0.481 e. The molecule has 1 aliphatic heterocycles. The summed E-state index contributed by atoms with van der Waals surface area (Å²) in [6, 6.07) is 4.28. The molecule has 1 N–H and O–H groups in total. The van der Waals surface area contributed by atoms with Gasteiger partial charge < -0.3 is 14.6 Å². The van der Waals surface area contributed by atoms with E-state index in [0.29, 0.717) is 25.0 Å². The monoisotopic (exact) mass is 341 g/mol. The first kappa shape index (κ1) is 16.1. The first-order valence-electron chi connectivity index (χ1n) is 8.66. The normalized spacial score (nSPS) is 20.2. The molecule has 4 rings (SSSR count). The van der Waals surface area contributed by atoms with E-state index >= 15 is 0 Å². The molecule has 1 saturated carbocycles. The molecule has 0 unspecified atom stereocenters. The highest BCUT2D eigenvalue weighted by Gasteiger charge is 2.36. The highest BCUT2D eigenvalue weighted by atomic mass is 16.5. The molecule has 2 aromatic heterocycles. The van der Waals surface area contributed by atoms with Gasteiger partial charge in [-0.15, -0.1) is 0 Å². The lowest BCUT2D eigenvalue weighted by atomic mass is 9.96. The van der Waals surface area contributed by atoms with Gasteiger partial charge in [0.15, 0.2) is 0 Å². The number of fused-ring (bicyclic) bond motifs is 1. The van der Waals surface area contributed by atoms with E-state index in [4.69, 9.17) is 4.74 Å². The molecule has 1 fully saturated rings. The Bertz CT molecular complexity index is 784. The van der Waals surface area contributed by atoms with Crippen molar-refractivity contribution < 1.29 is 9.53 Å². The maximum absolute atomic E-state index is 12.8. The van der Waals surface area contributed by atoms with Crippen molar-refractivity contribution in [2.75, 3.05) is 13.7 Å². The smallest absolute Gasteiger partial charge is 0.230 e. The van der Waals surface area contributed by atoms with Gasteiger partial charge in [0.2, 0.25) is 11.8 Å². The minimum atomic E-state index is -0.195. The van der Waals surface area contributed by atoms with Gasteiger partial charge in [-0.25, -0.2) is 9.97 Å². The molecular formula is C18H23N5O2. The molecule has 0 bridgehead atoms. The van der Waals surface area contributed by atoms with Gasteiger partial charge in [0.05, 0.1) is 30.7 Å². The van der Waals surface area contributed by atoms with Crippen LogP contribution in [0, 0.1) is 0 Å². The molecule has 0 aromatic carbocycles. The van der Waals surface area contributed by atoms with Crippen molar-refractivity contribution in [2.45, 2.75) is 37.9 Å². The Morgan fingerprint density at radius 3 is 3.00 bits per heavy atom. The molecule has 0 spiro atoms. The minimum absolute atomic E-state index is 0.107. The second kappa shape index (κ2) is 6.48. The van der Waals surface area contributed by atoms with Crippen molar-refractivity contribution in [3.63, 3.8) is 0 Å².